The van der Waals surface area contributed by atoms with Gasteiger partial charge in [0, 0.05) is 42.1 Å². The van der Waals surface area contributed by atoms with E-state index in [9.17, 15) is 14.0 Å². The van der Waals surface area contributed by atoms with Gasteiger partial charge in [0.05, 0.1) is 23.2 Å². The molecule has 5 rings (SSSR count). The van der Waals surface area contributed by atoms with E-state index in [1.165, 1.54) is 10.9 Å². The Labute approximate surface area is 224 Å². The van der Waals surface area contributed by atoms with E-state index in [2.05, 4.69) is 16.3 Å². The number of carbonyl (C=O) groups is 2. The molecule has 5 nitrogen and oxygen atoms in total. The second-order valence-electron chi connectivity index (χ2n) is 9.29. The molecule has 0 N–H and O–H groups in total. The third-order valence-corrected chi connectivity index (χ3v) is 8.52. The van der Waals surface area contributed by atoms with Crippen LogP contribution in [-0.4, -0.2) is 65.3 Å². The molecule has 1 saturated heterocycles. The van der Waals surface area contributed by atoms with Crippen molar-refractivity contribution >= 4 is 46.4 Å². The zero-order valence-corrected chi connectivity index (χ0v) is 22.1. The molecule has 1 aromatic heterocycles. The molecule has 2 aliphatic rings. The molecule has 0 saturated carbocycles. The summed E-state index contributed by atoms with van der Waals surface area (Å²) in [6.45, 7) is 4.21. The zero-order chi connectivity index (χ0) is 25.4. The van der Waals surface area contributed by atoms with Crippen molar-refractivity contribution in [1.29, 1.82) is 0 Å². The smallest absolute Gasteiger partial charge is 0.255 e. The Balaban J connectivity index is 1.28. The topological polar surface area (TPSA) is 43.9 Å². The largest absolute Gasteiger partial charge is 0.338 e. The number of fused-ring (bicyclic) bond motifs is 1. The molecule has 1 fully saturated rings. The highest BCUT2D eigenvalue weighted by molar-refractivity contribution is 7.10. The van der Waals surface area contributed by atoms with Crippen LogP contribution in [0.2, 0.25) is 10.0 Å². The molecule has 36 heavy (non-hydrogen) atoms. The van der Waals surface area contributed by atoms with Crippen LogP contribution in [0, 0.1) is 5.82 Å². The predicted molar refractivity (Wildman–Crippen MR) is 141 cm³/mol. The van der Waals surface area contributed by atoms with E-state index >= 15 is 0 Å². The molecular formula is C27H26Cl2FN3O2S. The summed E-state index contributed by atoms with van der Waals surface area (Å²) in [6.07, 6.45) is 0.868. The molecule has 188 valence electrons. The second-order valence-corrected chi connectivity index (χ2v) is 11.1. The Bertz CT molecular complexity index is 1300. The minimum Gasteiger partial charge on any atom is -0.338 e. The van der Waals surface area contributed by atoms with Crippen molar-refractivity contribution in [2.45, 2.75) is 25.4 Å². The van der Waals surface area contributed by atoms with Crippen molar-refractivity contribution in [1.82, 2.24) is 14.7 Å². The minimum atomic E-state index is -0.281. The highest BCUT2D eigenvalue weighted by Gasteiger charge is 2.35. The third-order valence-electron chi connectivity index (χ3n) is 6.97. The number of thiophene rings is 1. The van der Waals surface area contributed by atoms with Gasteiger partial charge in [0.1, 0.15) is 5.82 Å². The Morgan fingerprint density at radius 2 is 1.92 bits per heavy atom. The van der Waals surface area contributed by atoms with Crippen LogP contribution in [-0.2, 0) is 11.2 Å². The van der Waals surface area contributed by atoms with Gasteiger partial charge in [0.2, 0.25) is 5.91 Å². The number of nitrogens with zero attached hydrogens (tertiary/aromatic N) is 3. The molecule has 2 aromatic carbocycles. The van der Waals surface area contributed by atoms with Crippen LogP contribution in [0.15, 0.2) is 53.9 Å². The normalized spacial score (nSPS) is 20.3. The third kappa shape index (κ3) is 5.02. The lowest BCUT2D eigenvalue weighted by Crippen LogP contribution is -2.57. The molecule has 2 atom stereocenters. The summed E-state index contributed by atoms with van der Waals surface area (Å²) in [4.78, 5) is 33.5. The summed E-state index contributed by atoms with van der Waals surface area (Å²) in [5, 5.41) is 2.86. The van der Waals surface area contributed by atoms with Gasteiger partial charge in [-0.05, 0) is 66.2 Å². The fourth-order valence-corrected chi connectivity index (χ4v) is 6.58. The Morgan fingerprint density at radius 1 is 1.08 bits per heavy atom. The van der Waals surface area contributed by atoms with E-state index in [1.807, 2.05) is 17.9 Å². The Morgan fingerprint density at radius 3 is 2.67 bits per heavy atom. The van der Waals surface area contributed by atoms with Crippen LogP contribution in [0.5, 0.6) is 0 Å². The lowest BCUT2D eigenvalue weighted by atomic mass is 9.93. The standard InChI is InChI=1S/C27H26Cl2FN3O2S/c1-17-15-31(10-11-33(17)27(35)21-6-5-19(28)14-23(21)29)25(34)16-32-9-7-24-22(8-12-36-24)26(32)18-3-2-4-20(30)13-18/h2-6,8,12-14,17,26H,7,9-11,15-16H2,1H3/t17-,26-/m1/s1. The van der Waals surface area contributed by atoms with Gasteiger partial charge in [-0.3, -0.25) is 14.5 Å². The van der Waals surface area contributed by atoms with E-state index < -0.39 is 0 Å². The van der Waals surface area contributed by atoms with Crippen molar-refractivity contribution in [3.05, 3.63) is 91.3 Å². The molecule has 9 heteroatoms. The van der Waals surface area contributed by atoms with Gasteiger partial charge < -0.3 is 9.80 Å². The maximum Gasteiger partial charge on any atom is 0.255 e. The molecule has 2 amide bonds. The number of hydrogen-bond acceptors (Lipinski definition) is 4. The first kappa shape index (κ1) is 25.2. The van der Waals surface area contributed by atoms with Crippen molar-refractivity contribution in [2.24, 2.45) is 0 Å². The number of carbonyl (C=O) groups excluding carboxylic acids is 2. The van der Waals surface area contributed by atoms with Crippen LogP contribution in [0.25, 0.3) is 0 Å². The molecule has 0 bridgehead atoms. The fourth-order valence-electron chi connectivity index (χ4n) is 5.18. The highest BCUT2D eigenvalue weighted by atomic mass is 35.5. The predicted octanol–water partition coefficient (Wildman–Crippen LogP) is 5.51. The molecular weight excluding hydrogens is 520 g/mol. The summed E-state index contributed by atoms with van der Waals surface area (Å²) >= 11 is 13.9. The number of hydrogen-bond donors (Lipinski definition) is 0. The van der Waals surface area contributed by atoms with Gasteiger partial charge in [0.15, 0.2) is 0 Å². The van der Waals surface area contributed by atoms with E-state index in [1.54, 1.807) is 46.6 Å². The van der Waals surface area contributed by atoms with Crippen LogP contribution < -0.4 is 0 Å². The molecule has 0 aliphatic carbocycles. The quantitative estimate of drug-likeness (QED) is 0.433. The SMILES string of the molecule is C[C@@H]1CN(C(=O)CN2CCc3sccc3[C@H]2c2cccc(F)c2)CCN1C(=O)c1ccc(Cl)cc1Cl. The average Bonchev–Trinajstić information content (AvgIpc) is 3.32. The van der Waals surface area contributed by atoms with Crippen molar-refractivity contribution in [2.75, 3.05) is 32.7 Å². The first-order valence-corrected chi connectivity index (χ1v) is 13.5. The van der Waals surface area contributed by atoms with Gasteiger partial charge >= 0.3 is 0 Å². The summed E-state index contributed by atoms with van der Waals surface area (Å²) < 4.78 is 14.1. The van der Waals surface area contributed by atoms with Crippen LogP contribution in [0.1, 0.15) is 39.3 Å². The van der Waals surface area contributed by atoms with E-state index in [-0.39, 0.29) is 36.3 Å². The van der Waals surface area contributed by atoms with E-state index in [0.29, 0.717) is 35.2 Å². The van der Waals surface area contributed by atoms with Crippen LogP contribution in [0.4, 0.5) is 4.39 Å². The fraction of sp³-hybridized carbons (Fsp3) is 0.333. The molecule has 3 aromatic rings. The summed E-state index contributed by atoms with van der Waals surface area (Å²) in [5.41, 5.74) is 2.41. The first-order chi connectivity index (χ1) is 17.3. The molecule has 0 spiro atoms. The van der Waals surface area contributed by atoms with Gasteiger partial charge in [0.25, 0.3) is 5.91 Å². The Kier molecular flexibility index (Phi) is 7.35. The lowest BCUT2D eigenvalue weighted by molar-refractivity contribution is -0.135. The van der Waals surface area contributed by atoms with Crippen LogP contribution >= 0.6 is 34.5 Å². The molecule has 0 radical (unpaired) electrons. The molecule has 2 aliphatic heterocycles. The minimum absolute atomic E-state index is 0.0126. The maximum atomic E-state index is 14.1. The van der Waals surface area contributed by atoms with Crippen molar-refractivity contribution in [3.8, 4) is 0 Å². The average molecular weight is 546 g/mol. The number of benzene rings is 2. The van der Waals surface area contributed by atoms with Crippen LogP contribution in [0.3, 0.4) is 0 Å². The molecule has 3 heterocycles. The van der Waals surface area contributed by atoms with Gasteiger partial charge in [-0.25, -0.2) is 4.39 Å². The maximum absolute atomic E-state index is 14.1. The van der Waals surface area contributed by atoms with Gasteiger partial charge in [-0.2, -0.15) is 0 Å². The number of halogens is 3. The summed E-state index contributed by atoms with van der Waals surface area (Å²) in [6, 6.07) is 13.3. The number of rotatable bonds is 4. The van der Waals surface area contributed by atoms with Gasteiger partial charge in [-0.1, -0.05) is 35.3 Å². The van der Waals surface area contributed by atoms with E-state index in [4.69, 9.17) is 23.2 Å². The zero-order valence-electron chi connectivity index (χ0n) is 19.8. The summed E-state index contributed by atoms with van der Waals surface area (Å²) in [5.74, 6) is -0.432. The van der Waals surface area contributed by atoms with E-state index in [0.717, 1.165) is 24.1 Å². The monoisotopic (exact) mass is 545 g/mol. The van der Waals surface area contributed by atoms with Crippen molar-refractivity contribution < 1.29 is 14.0 Å². The lowest BCUT2D eigenvalue weighted by Gasteiger charge is -2.42. The summed E-state index contributed by atoms with van der Waals surface area (Å²) in [7, 11) is 0. The number of amides is 2. The highest BCUT2D eigenvalue weighted by Crippen LogP contribution is 2.38. The number of piperazine rings is 1. The van der Waals surface area contributed by atoms with Crippen molar-refractivity contribution in [3.63, 3.8) is 0 Å². The second kappa shape index (κ2) is 10.5. The Hall–Kier alpha value is -2.45. The van der Waals surface area contributed by atoms with Gasteiger partial charge in [-0.15, -0.1) is 11.3 Å². The molecule has 0 unspecified atom stereocenters. The first-order valence-electron chi connectivity index (χ1n) is 11.9.